The Balaban J connectivity index is 1.88. The number of amides is 2. The molecule has 0 aliphatic carbocycles. The van der Waals surface area contributed by atoms with E-state index in [2.05, 4.69) is 22.0 Å². The number of carbonyl (C=O) groups is 2. The highest BCUT2D eigenvalue weighted by atomic mass is 32.1. The zero-order valence-electron chi connectivity index (χ0n) is 13.2. The molecule has 0 saturated heterocycles. The average molecular weight is 333 g/mol. The second-order valence-electron chi connectivity index (χ2n) is 4.85. The molecule has 1 N–H and O–H groups in total. The largest absolute Gasteiger partial charge is 0.349 e. The van der Waals surface area contributed by atoms with Gasteiger partial charge in [0.15, 0.2) is 0 Å². The number of carbonyl (C=O) groups excluding carboxylic acids is 2. The highest BCUT2D eigenvalue weighted by Gasteiger charge is 2.13. The summed E-state index contributed by atoms with van der Waals surface area (Å²) >= 11 is 1.48. The van der Waals surface area contributed by atoms with Gasteiger partial charge in [-0.2, -0.15) is 5.10 Å². The van der Waals surface area contributed by atoms with Crippen LogP contribution in [0.5, 0.6) is 0 Å². The van der Waals surface area contributed by atoms with Gasteiger partial charge in [0.1, 0.15) is 10.7 Å². The second-order valence-corrected chi connectivity index (χ2v) is 5.71. The number of hydrogen-bond acceptors (Lipinski definition) is 5. The second kappa shape index (κ2) is 7.68. The molecule has 0 aromatic carbocycles. The van der Waals surface area contributed by atoms with E-state index in [4.69, 9.17) is 0 Å². The van der Waals surface area contributed by atoms with Gasteiger partial charge in [-0.3, -0.25) is 14.3 Å². The van der Waals surface area contributed by atoms with Crippen LogP contribution in [0, 0.1) is 0 Å². The number of likely N-dealkylation sites (N-methyl/N-ethyl adjacent to an activating group) is 1. The Kier molecular flexibility index (Phi) is 5.64. The molecule has 2 rings (SSSR count). The molecule has 0 aliphatic heterocycles. The summed E-state index contributed by atoms with van der Waals surface area (Å²) in [7, 11) is 1.85. The fraction of sp³-hybridized carbons (Fsp3) is 0.333. The van der Waals surface area contributed by atoms with E-state index in [1.54, 1.807) is 4.68 Å². The first kappa shape index (κ1) is 16.9. The molecule has 0 fully saturated rings. The standard InChI is InChI=1S/C15H19N5O2S/c1-4-14(22)20(5-2)9-13(21)16-8-11-10-23-15(17-11)12-6-7-19(3)18-12/h4,6-7,10H,1,5,8-9H2,2-3H3,(H,16,21). The summed E-state index contributed by atoms with van der Waals surface area (Å²) in [6.07, 6.45) is 3.06. The first-order valence-electron chi connectivity index (χ1n) is 7.16. The first-order chi connectivity index (χ1) is 11.0. The van der Waals surface area contributed by atoms with Gasteiger partial charge in [-0.25, -0.2) is 4.98 Å². The lowest BCUT2D eigenvalue weighted by Gasteiger charge is -2.18. The number of rotatable bonds is 7. The molecule has 0 spiro atoms. The molecular weight excluding hydrogens is 314 g/mol. The summed E-state index contributed by atoms with van der Waals surface area (Å²) in [6, 6.07) is 1.89. The van der Waals surface area contributed by atoms with Crippen molar-refractivity contribution in [3.8, 4) is 10.7 Å². The fourth-order valence-electron chi connectivity index (χ4n) is 1.93. The van der Waals surface area contributed by atoms with Crippen LogP contribution in [-0.4, -0.2) is 44.6 Å². The van der Waals surface area contributed by atoms with Gasteiger partial charge in [0.05, 0.1) is 18.8 Å². The van der Waals surface area contributed by atoms with Crippen molar-refractivity contribution in [2.75, 3.05) is 13.1 Å². The minimum atomic E-state index is -0.256. The Morgan fingerprint density at radius 1 is 1.52 bits per heavy atom. The van der Waals surface area contributed by atoms with E-state index in [1.165, 1.54) is 22.3 Å². The quantitative estimate of drug-likeness (QED) is 0.772. The Morgan fingerprint density at radius 2 is 2.30 bits per heavy atom. The molecule has 2 amide bonds. The highest BCUT2D eigenvalue weighted by molar-refractivity contribution is 7.13. The normalized spacial score (nSPS) is 10.3. The lowest BCUT2D eigenvalue weighted by molar-refractivity contribution is -0.132. The molecule has 0 atom stereocenters. The number of nitrogens with one attached hydrogen (secondary N) is 1. The van der Waals surface area contributed by atoms with Crippen molar-refractivity contribution in [3.63, 3.8) is 0 Å². The maximum Gasteiger partial charge on any atom is 0.246 e. The van der Waals surface area contributed by atoms with Crippen molar-refractivity contribution < 1.29 is 9.59 Å². The van der Waals surface area contributed by atoms with Crippen molar-refractivity contribution in [3.05, 3.63) is 36.0 Å². The van der Waals surface area contributed by atoms with Gasteiger partial charge < -0.3 is 10.2 Å². The first-order valence-corrected chi connectivity index (χ1v) is 8.04. The molecule has 7 nitrogen and oxygen atoms in total. The molecule has 0 unspecified atom stereocenters. The third-order valence-corrected chi connectivity index (χ3v) is 4.07. The topological polar surface area (TPSA) is 80.1 Å². The maximum atomic E-state index is 11.9. The molecular formula is C15H19N5O2S. The summed E-state index contributed by atoms with van der Waals surface area (Å²) in [5.74, 6) is -0.483. The van der Waals surface area contributed by atoms with Crippen LogP contribution in [0.4, 0.5) is 0 Å². The third kappa shape index (κ3) is 4.49. The summed E-state index contributed by atoms with van der Waals surface area (Å²) in [5.41, 5.74) is 1.57. The van der Waals surface area contributed by atoms with Gasteiger partial charge in [0.25, 0.3) is 0 Å². The van der Waals surface area contributed by atoms with E-state index < -0.39 is 0 Å². The van der Waals surface area contributed by atoms with Crippen molar-refractivity contribution >= 4 is 23.2 Å². The molecule has 0 radical (unpaired) electrons. The van der Waals surface area contributed by atoms with Gasteiger partial charge in [-0.1, -0.05) is 6.58 Å². The number of nitrogens with zero attached hydrogens (tertiary/aromatic N) is 4. The number of aromatic nitrogens is 3. The third-order valence-electron chi connectivity index (χ3n) is 3.15. The lowest BCUT2D eigenvalue weighted by atomic mass is 10.4. The molecule has 23 heavy (non-hydrogen) atoms. The van der Waals surface area contributed by atoms with E-state index >= 15 is 0 Å². The lowest BCUT2D eigenvalue weighted by Crippen LogP contribution is -2.39. The smallest absolute Gasteiger partial charge is 0.246 e. The van der Waals surface area contributed by atoms with E-state index in [0.717, 1.165) is 16.4 Å². The predicted octanol–water partition coefficient (Wildman–Crippen LogP) is 1.19. The van der Waals surface area contributed by atoms with Crippen LogP contribution in [0.3, 0.4) is 0 Å². The highest BCUT2D eigenvalue weighted by Crippen LogP contribution is 2.21. The van der Waals surface area contributed by atoms with Crippen LogP contribution in [0.25, 0.3) is 10.7 Å². The maximum absolute atomic E-state index is 11.9. The van der Waals surface area contributed by atoms with Crippen LogP contribution < -0.4 is 5.32 Å². The summed E-state index contributed by atoms with van der Waals surface area (Å²) in [6.45, 7) is 6.03. The van der Waals surface area contributed by atoms with Crippen LogP contribution in [0.15, 0.2) is 30.3 Å². The van der Waals surface area contributed by atoms with Crippen LogP contribution in [0.1, 0.15) is 12.6 Å². The van der Waals surface area contributed by atoms with E-state index in [9.17, 15) is 9.59 Å². The minimum Gasteiger partial charge on any atom is -0.349 e. The Bertz CT molecular complexity index is 706. The molecule has 2 heterocycles. The molecule has 8 heteroatoms. The van der Waals surface area contributed by atoms with Crippen LogP contribution in [-0.2, 0) is 23.2 Å². The summed E-state index contributed by atoms with van der Waals surface area (Å²) in [4.78, 5) is 29.3. The average Bonchev–Trinajstić information content (AvgIpc) is 3.18. The number of hydrogen-bond donors (Lipinski definition) is 1. The van der Waals surface area contributed by atoms with E-state index in [-0.39, 0.29) is 18.4 Å². The van der Waals surface area contributed by atoms with Crippen molar-refractivity contribution in [1.29, 1.82) is 0 Å². The van der Waals surface area contributed by atoms with Gasteiger partial charge in [-0.15, -0.1) is 11.3 Å². The Morgan fingerprint density at radius 3 is 2.91 bits per heavy atom. The minimum absolute atomic E-state index is 0.0125. The fourth-order valence-corrected chi connectivity index (χ4v) is 2.71. The van der Waals surface area contributed by atoms with Crippen LogP contribution >= 0.6 is 11.3 Å². The molecule has 2 aromatic rings. The zero-order chi connectivity index (χ0) is 16.8. The van der Waals surface area contributed by atoms with Crippen molar-refractivity contribution in [2.45, 2.75) is 13.5 Å². The Hall–Kier alpha value is -2.48. The van der Waals surface area contributed by atoms with Crippen molar-refractivity contribution in [1.82, 2.24) is 25.0 Å². The SMILES string of the molecule is C=CC(=O)N(CC)CC(=O)NCc1csc(-c2ccn(C)n2)n1. The van der Waals surface area contributed by atoms with Gasteiger partial charge >= 0.3 is 0 Å². The Labute approximate surface area is 138 Å². The molecule has 2 aromatic heterocycles. The van der Waals surface area contributed by atoms with Gasteiger partial charge in [0, 0.05) is 25.2 Å². The van der Waals surface area contributed by atoms with E-state index in [0.29, 0.717) is 13.1 Å². The monoisotopic (exact) mass is 333 g/mol. The summed E-state index contributed by atoms with van der Waals surface area (Å²) < 4.78 is 1.72. The van der Waals surface area contributed by atoms with Crippen LogP contribution in [0.2, 0.25) is 0 Å². The predicted molar refractivity (Wildman–Crippen MR) is 88.6 cm³/mol. The van der Waals surface area contributed by atoms with Gasteiger partial charge in [-0.05, 0) is 19.1 Å². The van der Waals surface area contributed by atoms with Crippen molar-refractivity contribution in [2.24, 2.45) is 7.05 Å². The number of aryl methyl sites for hydroxylation is 1. The van der Waals surface area contributed by atoms with Gasteiger partial charge in [0.2, 0.25) is 11.8 Å². The molecule has 122 valence electrons. The van der Waals surface area contributed by atoms with E-state index in [1.807, 2.05) is 31.6 Å². The zero-order valence-corrected chi connectivity index (χ0v) is 14.0. The number of thiazole rings is 1. The molecule has 0 bridgehead atoms. The molecule has 0 saturated carbocycles. The summed E-state index contributed by atoms with van der Waals surface area (Å²) in [5, 5.41) is 9.75. The molecule has 0 aliphatic rings.